The molecule has 4 heteroatoms. The molecule has 3 aromatic heterocycles. The normalized spacial score (nSPS) is 11.6. The smallest absolute Gasteiger partial charge is 0.104 e. The third kappa shape index (κ3) is 5.62. The Morgan fingerprint density at radius 2 is 0.845 bits per heavy atom. The Kier molecular flexibility index (Phi) is 8.18. The molecule has 4 nitrogen and oxygen atoms in total. The van der Waals surface area contributed by atoms with Gasteiger partial charge in [-0.3, -0.25) is 4.98 Å². The Labute approximate surface area is 338 Å². The van der Waals surface area contributed by atoms with Gasteiger partial charge < -0.3 is 9.13 Å². The van der Waals surface area contributed by atoms with Crippen LogP contribution >= 0.6 is 0 Å². The molecular weight excluding hydrogens is 705 g/mol. The quantitative estimate of drug-likeness (QED) is 0.176. The van der Waals surface area contributed by atoms with Crippen LogP contribution in [-0.2, 0) is 0 Å². The van der Waals surface area contributed by atoms with E-state index in [4.69, 9.17) is 4.98 Å². The lowest BCUT2D eigenvalue weighted by Crippen LogP contribution is -2.05. The predicted molar refractivity (Wildman–Crippen MR) is 242 cm³/mol. The van der Waals surface area contributed by atoms with Gasteiger partial charge in [0, 0.05) is 32.9 Å². The zero-order chi connectivity index (χ0) is 39.8. The first-order chi connectivity index (χ1) is 28.2. The standard InChI is InChI=1S/C54H42N4/c1-32-15-19-42(34(3)23-32)38-17-21-46-44-11-7-9-13-49(44)57(51(46)27-38)53-29-41(40-25-36(5)56-37(6)26-40)30-54(48(53)31-55)58-50-14-10-8-12-45(50)47-22-18-39(28-52(47)58)43-20-16-33(2)24-35(43)4/h7-30H,1-6H3. The second kappa shape index (κ2) is 13.5. The summed E-state index contributed by atoms with van der Waals surface area (Å²) in [5.41, 5.74) is 20.1. The molecule has 10 rings (SSSR count). The summed E-state index contributed by atoms with van der Waals surface area (Å²) in [6, 6.07) is 55.5. The summed E-state index contributed by atoms with van der Waals surface area (Å²) in [6.07, 6.45) is 0. The van der Waals surface area contributed by atoms with Crippen LogP contribution in [0.25, 0.3) is 88.4 Å². The molecule has 0 aliphatic heterocycles. The van der Waals surface area contributed by atoms with Crippen LogP contribution in [0.3, 0.4) is 0 Å². The van der Waals surface area contributed by atoms with E-state index < -0.39 is 0 Å². The van der Waals surface area contributed by atoms with E-state index in [0.717, 1.165) is 88.6 Å². The molecule has 0 N–H and O–H groups in total. The van der Waals surface area contributed by atoms with E-state index >= 15 is 0 Å². The van der Waals surface area contributed by atoms with Crippen molar-refractivity contribution in [2.75, 3.05) is 0 Å². The number of benzene rings is 7. The van der Waals surface area contributed by atoms with Crippen molar-refractivity contribution < 1.29 is 0 Å². The Bertz CT molecular complexity index is 3160. The van der Waals surface area contributed by atoms with Crippen LogP contribution in [0.1, 0.15) is 39.2 Å². The van der Waals surface area contributed by atoms with E-state index in [1.165, 1.54) is 33.4 Å². The highest BCUT2D eigenvalue weighted by Crippen LogP contribution is 2.42. The average molecular weight is 747 g/mol. The van der Waals surface area contributed by atoms with Gasteiger partial charge in [0.2, 0.25) is 0 Å². The number of aryl methyl sites for hydroxylation is 6. The van der Waals surface area contributed by atoms with Crippen molar-refractivity contribution in [3.8, 4) is 50.8 Å². The van der Waals surface area contributed by atoms with Crippen molar-refractivity contribution in [2.24, 2.45) is 0 Å². The first-order valence-corrected chi connectivity index (χ1v) is 19.9. The number of nitriles is 1. The van der Waals surface area contributed by atoms with Crippen LogP contribution in [0.2, 0.25) is 0 Å². The third-order valence-corrected chi connectivity index (χ3v) is 11.8. The zero-order valence-electron chi connectivity index (χ0n) is 33.6. The van der Waals surface area contributed by atoms with Gasteiger partial charge in [0.15, 0.2) is 0 Å². The monoisotopic (exact) mass is 746 g/mol. The van der Waals surface area contributed by atoms with Crippen LogP contribution in [-0.4, -0.2) is 14.1 Å². The number of aromatic nitrogens is 3. The second-order valence-corrected chi connectivity index (χ2v) is 15.9. The average Bonchev–Trinajstić information content (AvgIpc) is 3.72. The van der Waals surface area contributed by atoms with E-state index in [1.807, 2.05) is 13.8 Å². The van der Waals surface area contributed by atoms with Gasteiger partial charge in [0.25, 0.3) is 0 Å². The molecule has 0 atom stereocenters. The molecule has 58 heavy (non-hydrogen) atoms. The number of hydrogen-bond acceptors (Lipinski definition) is 2. The molecule has 0 fully saturated rings. The van der Waals surface area contributed by atoms with Crippen LogP contribution in [0.15, 0.2) is 146 Å². The third-order valence-electron chi connectivity index (χ3n) is 11.8. The molecule has 0 aliphatic rings. The maximum absolute atomic E-state index is 11.5. The Hall–Kier alpha value is -7.22. The minimum absolute atomic E-state index is 0.602. The summed E-state index contributed by atoms with van der Waals surface area (Å²) in [4.78, 5) is 4.74. The molecule has 0 amide bonds. The minimum atomic E-state index is 0.602. The van der Waals surface area contributed by atoms with Gasteiger partial charge in [-0.15, -0.1) is 0 Å². The van der Waals surface area contributed by atoms with E-state index in [2.05, 4.69) is 188 Å². The summed E-state index contributed by atoms with van der Waals surface area (Å²) in [5.74, 6) is 0. The Morgan fingerprint density at radius 3 is 1.29 bits per heavy atom. The fraction of sp³-hybridized carbons (Fsp3) is 0.111. The number of fused-ring (bicyclic) bond motifs is 6. The van der Waals surface area contributed by atoms with Gasteiger partial charge in [-0.05, 0) is 135 Å². The lowest BCUT2D eigenvalue weighted by molar-refractivity contribution is 1.11. The predicted octanol–water partition coefficient (Wildman–Crippen LogP) is 14.0. The largest absolute Gasteiger partial charge is 0.308 e. The summed E-state index contributed by atoms with van der Waals surface area (Å²) < 4.78 is 4.64. The first kappa shape index (κ1) is 35.2. The molecule has 0 radical (unpaired) electrons. The fourth-order valence-electron chi connectivity index (χ4n) is 9.32. The Morgan fingerprint density at radius 1 is 0.414 bits per heavy atom. The lowest BCUT2D eigenvalue weighted by Gasteiger charge is -2.19. The number of pyridine rings is 1. The van der Waals surface area contributed by atoms with Crippen LogP contribution in [0, 0.1) is 52.9 Å². The summed E-state index contributed by atoms with van der Waals surface area (Å²) in [6.45, 7) is 12.7. The number of rotatable bonds is 5. The van der Waals surface area contributed by atoms with Crippen molar-refractivity contribution in [1.82, 2.24) is 14.1 Å². The highest BCUT2D eigenvalue weighted by molar-refractivity contribution is 6.12. The van der Waals surface area contributed by atoms with Crippen molar-refractivity contribution in [3.05, 3.63) is 185 Å². The number of para-hydroxylation sites is 2. The summed E-state index contributed by atoms with van der Waals surface area (Å²) >= 11 is 0. The van der Waals surface area contributed by atoms with Gasteiger partial charge in [-0.2, -0.15) is 5.26 Å². The van der Waals surface area contributed by atoms with Crippen molar-refractivity contribution in [2.45, 2.75) is 41.5 Å². The maximum atomic E-state index is 11.5. The first-order valence-electron chi connectivity index (χ1n) is 19.9. The molecule has 0 bridgehead atoms. The summed E-state index contributed by atoms with van der Waals surface area (Å²) in [5, 5.41) is 16.1. The second-order valence-electron chi connectivity index (χ2n) is 15.9. The van der Waals surface area contributed by atoms with Gasteiger partial charge in [-0.1, -0.05) is 108 Å². The van der Waals surface area contributed by atoms with E-state index in [9.17, 15) is 5.26 Å². The van der Waals surface area contributed by atoms with Gasteiger partial charge in [0.05, 0.1) is 33.4 Å². The van der Waals surface area contributed by atoms with Crippen LogP contribution in [0.5, 0.6) is 0 Å². The highest BCUT2D eigenvalue weighted by atomic mass is 15.0. The Balaban J connectivity index is 1.34. The number of nitrogens with zero attached hydrogens (tertiary/aromatic N) is 4. The molecule has 0 unspecified atom stereocenters. The molecular formula is C54H42N4. The van der Waals surface area contributed by atoms with E-state index in [1.54, 1.807) is 0 Å². The fourth-order valence-corrected chi connectivity index (χ4v) is 9.32. The topological polar surface area (TPSA) is 46.5 Å². The lowest BCUT2D eigenvalue weighted by atomic mass is 9.97. The molecule has 3 heterocycles. The molecule has 278 valence electrons. The molecule has 7 aromatic carbocycles. The molecule has 0 saturated heterocycles. The molecule has 10 aromatic rings. The maximum Gasteiger partial charge on any atom is 0.104 e. The molecule has 0 saturated carbocycles. The van der Waals surface area contributed by atoms with Gasteiger partial charge >= 0.3 is 0 Å². The minimum Gasteiger partial charge on any atom is -0.308 e. The highest BCUT2D eigenvalue weighted by Gasteiger charge is 2.23. The zero-order valence-corrected chi connectivity index (χ0v) is 33.6. The van der Waals surface area contributed by atoms with Crippen LogP contribution < -0.4 is 0 Å². The van der Waals surface area contributed by atoms with Crippen molar-refractivity contribution in [1.29, 1.82) is 5.26 Å². The van der Waals surface area contributed by atoms with E-state index in [-0.39, 0.29) is 0 Å². The number of hydrogen-bond donors (Lipinski definition) is 0. The summed E-state index contributed by atoms with van der Waals surface area (Å²) in [7, 11) is 0. The SMILES string of the molecule is Cc1ccc(-c2ccc3c4ccccc4n(-c4cc(-c5cc(C)nc(C)c5)cc(-n5c6ccccc6c6ccc(-c7ccc(C)cc7C)cc65)c4C#N)c3c2)c(C)c1. The van der Waals surface area contributed by atoms with Crippen LogP contribution in [0.4, 0.5) is 0 Å². The molecule has 0 aliphatic carbocycles. The van der Waals surface area contributed by atoms with Gasteiger partial charge in [-0.25, -0.2) is 0 Å². The van der Waals surface area contributed by atoms with E-state index in [0.29, 0.717) is 5.56 Å². The van der Waals surface area contributed by atoms with Crippen molar-refractivity contribution in [3.63, 3.8) is 0 Å². The van der Waals surface area contributed by atoms with Gasteiger partial charge in [0.1, 0.15) is 11.6 Å². The van der Waals surface area contributed by atoms with Crippen molar-refractivity contribution >= 4 is 43.6 Å². The molecule has 0 spiro atoms.